The Labute approximate surface area is 142 Å². The van der Waals surface area contributed by atoms with Crippen molar-refractivity contribution in [3.8, 4) is 0 Å². The fraction of sp³-hybridized carbons (Fsp3) is 0.368. The molecule has 4 heterocycles. The van der Waals surface area contributed by atoms with E-state index in [9.17, 15) is 0 Å². The number of nitrogens with zero attached hydrogens (tertiary/aromatic N) is 3. The first-order valence-electron chi connectivity index (χ1n) is 8.56. The summed E-state index contributed by atoms with van der Waals surface area (Å²) in [6.45, 7) is 8.22. The standard InChI is InChI=1S/C19H23N5/c1-12(2)14-6-7-18-16(22-14)8-9-24(18)10-13(3)15-4-5-17-19(23-15)21-11-20-17/h4-9,12-13,20H,10-11H2,1-3H3,(H,21,23). The molecular formula is C19H23N5. The molecule has 1 aliphatic heterocycles. The highest BCUT2D eigenvalue weighted by Gasteiger charge is 2.15. The van der Waals surface area contributed by atoms with Crippen LogP contribution in [0.3, 0.4) is 0 Å². The van der Waals surface area contributed by atoms with E-state index in [2.05, 4.69) is 72.5 Å². The Hall–Kier alpha value is -2.56. The fourth-order valence-corrected chi connectivity index (χ4v) is 3.21. The molecule has 0 bridgehead atoms. The SMILES string of the molecule is CC(C)c1ccc2c(ccn2CC(C)c2ccc3c(n2)NCN3)n1. The van der Waals surface area contributed by atoms with E-state index >= 15 is 0 Å². The van der Waals surface area contributed by atoms with Crippen LogP contribution in [0.5, 0.6) is 0 Å². The molecule has 0 saturated carbocycles. The molecule has 24 heavy (non-hydrogen) atoms. The Morgan fingerprint density at radius 1 is 1.00 bits per heavy atom. The molecule has 0 spiro atoms. The second kappa shape index (κ2) is 5.82. The van der Waals surface area contributed by atoms with Crippen molar-refractivity contribution in [3.63, 3.8) is 0 Å². The fourth-order valence-electron chi connectivity index (χ4n) is 3.21. The summed E-state index contributed by atoms with van der Waals surface area (Å²) in [7, 11) is 0. The number of aromatic nitrogens is 3. The van der Waals surface area contributed by atoms with Crippen LogP contribution >= 0.6 is 0 Å². The highest BCUT2D eigenvalue weighted by molar-refractivity contribution is 5.76. The maximum Gasteiger partial charge on any atom is 0.151 e. The van der Waals surface area contributed by atoms with Gasteiger partial charge in [0.05, 0.1) is 23.4 Å². The molecule has 0 aliphatic carbocycles. The van der Waals surface area contributed by atoms with E-state index in [0.717, 1.165) is 41.6 Å². The summed E-state index contributed by atoms with van der Waals surface area (Å²) in [6.07, 6.45) is 2.13. The van der Waals surface area contributed by atoms with Gasteiger partial charge in [0, 0.05) is 30.0 Å². The third-order valence-electron chi connectivity index (χ3n) is 4.66. The van der Waals surface area contributed by atoms with Crippen LogP contribution in [0.4, 0.5) is 11.5 Å². The van der Waals surface area contributed by atoms with Crippen molar-refractivity contribution >= 4 is 22.5 Å². The minimum Gasteiger partial charge on any atom is -0.365 e. The van der Waals surface area contributed by atoms with Crippen molar-refractivity contribution in [3.05, 3.63) is 47.9 Å². The zero-order valence-corrected chi connectivity index (χ0v) is 14.4. The lowest BCUT2D eigenvalue weighted by molar-refractivity contribution is 0.601. The Morgan fingerprint density at radius 3 is 2.67 bits per heavy atom. The largest absolute Gasteiger partial charge is 0.365 e. The van der Waals surface area contributed by atoms with Gasteiger partial charge in [-0.1, -0.05) is 20.8 Å². The van der Waals surface area contributed by atoms with Gasteiger partial charge in [0.2, 0.25) is 0 Å². The normalized spacial score (nSPS) is 14.5. The van der Waals surface area contributed by atoms with E-state index in [-0.39, 0.29) is 0 Å². The van der Waals surface area contributed by atoms with Crippen LogP contribution < -0.4 is 10.6 Å². The van der Waals surface area contributed by atoms with Crippen LogP contribution in [0.15, 0.2) is 36.5 Å². The van der Waals surface area contributed by atoms with Crippen molar-refractivity contribution in [1.82, 2.24) is 14.5 Å². The lowest BCUT2D eigenvalue weighted by atomic mass is 10.1. The van der Waals surface area contributed by atoms with Crippen LogP contribution in [0.2, 0.25) is 0 Å². The van der Waals surface area contributed by atoms with E-state index in [1.54, 1.807) is 0 Å². The van der Waals surface area contributed by atoms with Crippen molar-refractivity contribution in [2.45, 2.75) is 39.2 Å². The molecular weight excluding hydrogens is 298 g/mol. The van der Waals surface area contributed by atoms with Gasteiger partial charge in [-0.05, 0) is 36.2 Å². The second-order valence-electron chi connectivity index (χ2n) is 6.83. The predicted molar refractivity (Wildman–Crippen MR) is 98.6 cm³/mol. The molecule has 4 rings (SSSR count). The van der Waals surface area contributed by atoms with Gasteiger partial charge in [-0.15, -0.1) is 0 Å². The Kier molecular flexibility index (Phi) is 3.63. The molecule has 5 nitrogen and oxygen atoms in total. The quantitative estimate of drug-likeness (QED) is 0.758. The maximum atomic E-state index is 4.77. The number of fused-ring (bicyclic) bond motifs is 2. The molecule has 2 N–H and O–H groups in total. The van der Waals surface area contributed by atoms with Crippen molar-refractivity contribution in [2.24, 2.45) is 0 Å². The molecule has 1 unspecified atom stereocenters. The number of pyridine rings is 2. The molecule has 3 aromatic heterocycles. The molecule has 0 fully saturated rings. The van der Waals surface area contributed by atoms with Crippen LogP contribution in [-0.2, 0) is 6.54 Å². The zero-order valence-electron chi connectivity index (χ0n) is 14.4. The smallest absolute Gasteiger partial charge is 0.151 e. The van der Waals surface area contributed by atoms with Crippen molar-refractivity contribution in [1.29, 1.82) is 0 Å². The van der Waals surface area contributed by atoms with Gasteiger partial charge in [0.15, 0.2) is 5.82 Å². The Balaban J connectivity index is 1.59. The van der Waals surface area contributed by atoms with Gasteiger partial charge >= 0.3 is 0 Å². The average Bonchev–Trinajstić information content (AvgIpc) is 3.20. The number of rotatable bonds is 4. The lowest BCUT2D eigenvalue weighted by Crippen LogP contribution is -2.07. The second-order valence-corrected chi connectivity index (χ2v) is 6.83. The predicted octanol–water partition coefficient (Wildman–Crippen LogP) is 4.15. The molecule has 1 atom stereocenters. The van der Waals surface area contributed by atoms with E-state index in [1.165, 1.54) is 5.52 Å². The summed E-state index contributed by atoms with van der Waals surface area (Å²) in [5.41, 5.74) is 5.60. The van der Waals surface area contributed by atoms with Crippen LogP contribution in [-0.4, -0.2) is 21.2 Å². The minimum absolute atomic E-state index is 0.332. The first-order chi connectivity index (χ1) is 11.6. The van der Waals surface area contributed by atoms with Gasteiger partial charge in [0.25, 0.3) is 0 Å². The minimum atomic E-state index is 0.332. The molecule has 0 saturated heterocycles. The van der Waals surface area contributed by atoms with Crippen LogP contribution in [0, 0.1) is 0 Å². The average molecular weight is 321 g/mol. The molecule has 0 aromatic carbocycles. The van der Waals surface area contributed by atoms with Crippen molar-refractivity contribution < 1.29 is 0 Å². The first kappa shape index (κ1) is 15.0. The summed E-state index contributed by atoms with van der Waals surface area (Å²) in [6, 6.07) is 10.7. The third kappa shape index (κ3) is 2.60. The molecule has 1 aliphatic rings. The van der Waals surface area contributed by atoms with Gasteiger partial charge in [-0.25, -0.2) is 4.98 Å². The first-order valence-corrected chi connectivity index (χ1v) is 8.56. The summed E-state index contributed by atoms with van der Waals surface area (Å²) in [4.78, 5) is 9.52. The maximum absolute atomic E-state index is 4.77. The summed E-state index contributed by atoms with van der Waals surface area (Å²) >= 11 is 0. The highest BCUT2D eigenvalue weighted by Crippen LogP contribution is 2.28. The van der Waals surface area contributed by atoms with E-state index in [4.69, 9.17) is 9.97 Å². The number of hydrogen-bond acceptors (Lipinski definition) is 4. The zero-order chi connectivity index (χ0) is 16.7. The Bertz CT molecular complexity index is 881. The molecule has 3 aromatic rings. The monoisotopic (exact) mass is 321 g/mol. The Morgan fingerprint density at radius 2 is 1.83 bits per heavy atom. The topological polar surface area (TPSA) is 54.8 Å². The van der Waals surface area contributed by atoms with E-state index in [0.29, 0.717) is 11.8 Å². The molecule has 0 radical (unpaired) electrons. The number of anilines is 2. The summed E-state index contributed by atoms with van der Waals surface area (Å²) in [5, 5.41) is 6.52. The van der Waals surface area contributed by atoms with Gasteiger partial charge < -0.3 is 15.2 Å². The van der Waals surface area contributed by atoms with E-state index in [1.807, 2.05) is 0 Å². The van der Waals surface area contributed by atoms with Gasteiger partial charge in [-0.2, -0.15) is 0 Å². The third-order valence-corrected chi connectivity index (χ3v) is 4.66. The highest BCUT2D eigenvalue weighted by atomic mass is 15.2. The lowest BCUT2D eigenvalue weighted by Gasteiger charge is -2.14. The summed E-state index contributed by atoms with van der Waals surface area (Å²) in [5.74, 6) is 1.74. The molecule has 124 valence electrons. The number of hydrogen-bond donors (Lipinski definition) is 2. The molecule has 0 amide bonds. The van der Waals surface area contributed by atoms with Crippen LogP contribution in [0.25, 0.3) is 11.0 Å². The van der Waals surface area contributed by atoms with Gasteiger partial charge in [-0.3, -0.25) is 4.98 Å². The molecule has 5 heteroatoms. The van der Waals surface area contributed by atoms with E-state index < -0.39 is 0 Å². The van der Waals surface area contributed by atoms with Crippen molar-refractivity contribution in [2.75, 3.05) is 17.3 Å². The summed E-state index contributed by atoms with van der Waals surface area (Å²) < 4.78 is 2.28. The van der Waals surface area contributed by atoms with Crippen LogP contribution in [0.1, 0.15) is 44.0 Å². The number of nitrogens with one attached hydrogen (secondary N) is 2. The van der Waals surface area contributed by atoms with Gasteiger partial charge in [0.1, 0.15) is 0 Å².